The second kappa shape index (κ2) is 6.93. The molecule has 1 aromatic rings. The summed E-state index contributed by atoms with van der Waals surface area (Å²) in [5, 5.41) is 9.10. The summed E-state index contributed by atoms with van der Waals surface area (Å²) in [5.41, 5.74) is -1.37. The Labute approximate surface area is 124 Å². The van der Waals surface area contributed by atoms with E-state index in [0.717, 1.165) is 12.1 Å². The number of aliphatic hydroxyl groups is 1. The zero-order valence-electron chi connectivity index (χ0n) is 10.8. The number of halogens is 4. The van der Waals surface area contributed by atoms with Gasteiger partial charge in [0.25, 0.3) is 0 Å². The SMILES string of the molecule is COCC(O)CNS(=O)(=O)c1ccc(Cl)cc1C(F)(F)F. The maximum absolute atomic E-state index is 12.9. The smallest absolute Gasteiger partial charge is 0.389 e. The first-order valence-electron chi connectivity index (χ1n) is 5.61. The lowest BCUT2D eigenvalue weighted by Gasteiger charge is -2.15. The van der Waals surface area contributed by atoms with E-state index in [1.807, 2.05) is 4.72 Å². The van der Waals surface area contributed by atoms with Crippen molar-refractivity contribution in [3.8, 4) is 0 Å². The van der Waals surface area contributed by atoms with Crippen molar-refractivity contribution in [3.63, 3.8) is 0 Å². The number of nitrogens with one attached hydrogen (secondary N) is 1. The number of benzene rings is 1. The molecule has 0 heterocycles. The number of aliphatic hydroxyl groups excluding tert-OH is 1. The molecule has 0 aliphatic carbocycles. The van der Waals surface area contributed by atoms with Crippen LogP contribution in [0.3, 0.4) is 0 Å². The largest absolute Gasteiger partial charge is 0.417 e. The maximum atomic E-state index is 12.9. The van der Waals surface area contributed by atoms with Crippen LogP contribution in [0.1, 0.15) is 5.56 Å². The highest BCUT2D eigenvalue weighted by atomic mass is 35.5. The summed E-state index contributed by atoms with van der Waals surface area (Å²) in [6.07, 6.45) is -6.05. The minimum absolute atomic E-state index is 0.157. The number of sulfonamides is 1. The molecule has 1 rings (SSSR count). The minimum Gasteiger partial charge on any atom is -0.389 e. The van der Waals surface area contributed by atoms with Crippen LogP contribution in [-0.4, -0.2) is 39.9 Å². The molecule has 0 saturated carbocycles. The average Bonchev–Trinajstić information content (AvgIpc) is 2.35. The van der Waals surface area contributed by atoms with Crippen LogP contribution in [0.2, 0.25) is 5.02 Å². The molecule has 0 amide bonds. The van der Waals surface area contributed by atoms with Crippen molar-refractivity contribution in [2.45, 2.75) is 17.2 Å². The number of hydrogen-bond acceptors (Lipinski definition) is 4. The third kappa shape index (κ3) is 5.11. The van der Waals surface area contributed by atoms with E-state index in [0.29, 0.717) is 6.07 Å². The molecule has 0 bridgehead atoms. The summed E-state index contributed by atoms with van der Waals surface area (Å²) in [6.45, 7) is -0.634. The molecule has 21 heavy (non-hydrogen) atoms. The summed E-state index contributed by atoms with van der Waals surface area (Å²) >= 11 is 5.47. The Balaban J connectivity index is 3.09. The Morgan fingerprint density at radius 2 is 2.05 bits per heavy atom. The van der Waals surface area contributed by atoms with E-state index >= 15 is 0 Å². The summed E-state index contributed by atoms with van der Waals surface area (Å²) in [7, 11) is -3.16. The van der Waals surface area contributed by atoms with Gasteiger partial charge in [-0.2, -0.15) is 13.2 Å². The summed E-state index contributed by atoms with van der Waals surface area (Å²) in [4.78, 5) is -0.955. The van der Waals surface area contributed by atoms with Crippen LogP contribution in [-0.2, 0) is 20.9 Å². The van der Waals surface area contributed by atoms with Gasteiger partial charge in [0, 0.05) is 18.7 Å². The first-order chi connectivity index (χ1) is 9.58. The minimum atomic E-state index is -4.87. The van der Waals surface area contributed by atoms with E-state index < -0.39 is 39.3 Å². The van der Waals surface area contributed by atoms with E-state index in [-0.39, 0.29) is 11.6 Å². The van der Waals surface area contributed by atoms with Crippen molar-refractivity contribution in [2.24, 2.45) is 0 Å². The van der Waals surface area contributed by atoms with Crippen molar-refractivity contribution in [1.82, 2.24) is 4.72 Å². The topological polar surface area (TPSA) is 75.6 Å². The molecule has 2 N–H and O–H groups in total. The molecule has 10 heteroatoms. The Bertz CT molecular complexity index is 592. The van der Waals surface area contributed by atoms with E-state index in [1.54, 1.807) is 0 Å². The van der Waals surface area contributed by atoms with Crippen molar-refractivity contribution in [1.29, 1.82) is 0 Å². The number of ether oxygens (including phenoxy) is 1. The second-order valence-corrected chi connectivity index (χ2v) is 6.27. The predicted octanol–water partition coefficient (Wildman–Crippen LogP) is 1.64. The van der Waals surface area contributed by atoms with Crippen molar-refractivity contribution in [3.05, 3.63) is 28.8 Å². The fraction of sp³-hybridized carbons (Fsp3) is 0.455. The average molecular weight is 348 g/mol. The molecule has 1 unspecified atom stereocenters. The molecule has 120 valence electrons. The van der Waals surface area contributed by atoms with Crippen LogP contribution >= 0.6 is 11.6 Å². The van der Waals surface area contributed by atoms with Crippen LogP contribution < -0.4 is 4.72 Å². The quantitative estimate of drug-likeness (QED) is 0.820. The van der Waals surface area contributed by atoms with E-state index in [9.17, 15) is 26.7 Å². The number of methoxy groups -OCH3 is 1. The fourth-order valence-electron chi connectivity index (χ4n) is 1.49. The zero-order chi connectivity index (χ0) is 16.3. The van der Waals surface area contributed by atoms with E-state index in [2.05, 4.69) is 4.74 Å². The maximum Gasteiger partial charge on any atom is 0.417 e. The lowest BCUT2D eigenvalue weighted by molar-refractivity contribution is -0.139. The lowest BCUT2D eigenvalue weighted by atomic mass is 10.2. The highest BCUT2D eigenvalue weighted by Crippen LogP contribution is 2.35. The molecule has 1 atom stereocenters. The van der Waals surface area contributed by atoms with Crippen LogP contribution in [0, 0.1) is 0 Å². The summed E-state index contributed by atoms with van der Waals surface area (Å²) < 4.78 is 68.9. The monoisotopic (exact) mass is 347 g/mol. The molecule has 0 spiro atoms. The molecule has 0 aromatic heterocycles. The third-order valence-electron chi connectivity index (χ3n) is 2.40. The molecule has 0 saturated heterocycles. The highest BCUT2D eigenvalue weighted by Gasteiger charge is 2.37. The Kier molecular flexibility index (Phi) is 6.00. The molecule has 0 fully saturated rings. The second-order valence-electron chi connectivity index (χ2n) is 4.10. The van der Waals surface area contributed by atoms with Gasteiger partial charge < -0.3 is 9.84 Å². The molecule has 1 aromatic carbocycles. The van der Waals surface area contributed by atoms with Gasteiger partial charge in [-0.1, -0.05) is 11.6 Å². The van der Waals surface area contributed by atoms with E-state index in [1.165, 1.54) is 7.11 Å². The third-order valence-corrected chi connectivity index (χ3v) is 4.12. The number of rotatable bonds is 6. The van der Waals surface area contributed by atoms with E-state index in [4.69, 9.17) is 11.6 Å². The summed E-state index contributed by atoms with van der Waals surface area (Å²) in [6, 6.07) is 2.33. The van der Waals surface area contributed by atoms with Gasteiger partial charge in [0.15, 0.2) is 0 Å². The number of hydrogen-bond donors (Lipinski definition) is 2. The first-order valence-corrected chi connectivity index (χ1v) is 7.47. The van der Waals surface area contributed by atoms with Gasteiger partial charge in [-0.25, -0.2) is 13.1 Å². The molecule has 0 radical (unpaired) electrons. The van der Waals surface area contributed by atoms with Gasteiger partial charge in [0.2, 0.25) is 10.0 Å². The Hall–Kier alpha value is -0.870. The zero-order valence-corrected chi connectivity index (χ0v) is 12.4. The van der Waals surface area contributed by atoms with Gasteiger partial charge in [0.1, 0.15) is 0 Å². The van der Waals surface area contributed by atoms with Crippen LogP contribution in [0.5, 0.6) is 0 Å². The number of alkyl halides is 3. The van der Waals surface area contributed by atoms with Crippen molar-refractivity contribution >= 4 is 21.6 Å². The van der Waals surface area contributed by atoms with Crippen molar-refractivity contribution < 1.29 is 31.4 Å². The molecular weight excluding hydrogens is 335 g/mol. The molecule has 5 nitrogen and oxygen atoms in total. The Morgan fingerprint density at radius 3 is 2.57 bits per heavy atom. The van der Waals surface area contributed by atoms with Gasteiger partial charge in [-0.3, -0.25) is 0 Å². The first kappa shape index (κ1) is 18.2. The normalized spacial score (nSPS) is 14.2. The van der Waals surface area contributed by atoms with Crippen LogP contribution in [0.25, 0.3) is 0 Å². The van der Waals surface area contributed by atoms with Crippen molar-refractivity contribution in [2.75, 3.05) is 20.3 Å². The highest BCUT2D eigenvalue weighted by molar-refractivity contribution is 7.89. The predicted molar refractivity (Wildman–Crippen MR) is 69.5 cm³/mol. The van der Waals surface area contributed by atoms with Crippen LogP contribution in [0.4, 0.5) is 13.2 Å². The standard InChI is InChI=1S/C11H13ClF3NO4S/c1-20-6-8(17)5-16-21(18,19)10-3-2-7(12)4-9(10)11(13,14)15/h2-4,8,16-17H,5-6H2,1H3. The van der Waals surface area contributed by atoms with Gasteiger partial charge in [-0.05, 0) is 18.2 Å². The van der Waals surface area contributed by atoms with Gasteiger partial charge in [0.05, 0.1) is 23.2 Å². The Morgan fingerprint density at radius 1 is 1.43 bits per heavy atom. The van der Waals surface area contributed by atoms with Crippen LogP contribution in [0.15, 0.2) is 23.1 Å². The van der Waals surface area contributed by atoms with Gasteiger partial charge in [-0.15, -0.1) is 0 Å². The molecule has 0 aliphatic heterocycles. The van der Waals surface area contributed by atoms with Gasteiger partial charge >= 0.3 is 6.18 Å². The molecule has 0 aliphatic rings. The lowest BCUT2D eigenvalue weighted by Crippen LogP contribution is -2.35. The fourth-order valence-corrected chi connectivity index (χ4v) is 2.94. The molecular formula is C11H13ClF3NO4S. The summed E-state index contributed by atoms with van der Waals surface area (Å²) in [5.74, 6) is 0.